The van der Waals surface area contributed by atoms with Crippen LogP contribution in [0.25, 0.3) is 23.3 Å². The van der Waals surface area contributed by atoms with Gasteiger partial charge in [0.25, 0.3) is 0 Å². The Balaban J connectivity index is 2.51. The van der Waals surface area contributed by atoms with Gasteiger partial charge in [-0.2, -0.15) is 21.0 Å². The quantitative estimate of drug-likeness (QED) is 0.610. The molecule has 162 valence electrons. The molecule has 0 saturated carbocycles. The lowest BCUT2D eigenvalue weighted by Gasteiger charge is -2.20. The topological polar surface area (TPSA) is 141 Å². The number of nitrogens with zero attached hydrogens (tertiary/aromatic N) is 4. The Kier molecular flexibility index (Phi) is 6.69. The van der Waals surface area contributed by atoms with Crippen LogP contribution >= 0.6 is 0 Å². The van der Waals surface area contributed by atoms with E-state index in [9.17, 15) is 21.0 Å². The maximum atomic E-state index is 9.32. The van der Waals surface area contributed by atoms with E-state index in [0.29, 0.717) is 39.5 Å². The molecule has 1 heterocycles. The molecule has 0 amide bonds. The number of fused-ring (bicyclic) bond motifs is 1. The van der Waals surface area contributed by atoms with Crippen LogP contribution in [0.3, 0.4) is 0 Å². The molecule has 0 bridgehead atoms. The molecule has 9 heteroatoms. The van der Waals surface area contributed by atoms with Crippen LogP contribution in [0, 0.1) is 45.3 Å². The van der Waals surface area contributed by atoms with Gasteiger partial charge in [0.15, 0.2) is 23.0 Å². The number of hydrogen-bond acceptors (Lipinski definition) is 9. The Bertz CT molecular complexity index is 1320. The fourth-order valence-electron chi connectivity index (χ4n) is 3.35. The average molecular weight is 440 g/mol. The Morgan fingerprint density at radius 3 is 1.82 bits per heavy atom. The number of benzene rings is 2. The van der Waals surface area contributed by atoms with Gasteiger partial charge in [0, 0.05) is 5.56 Å². The van der Waals surface area contributed by atoms with Gasteiger partial charge in [-0.25, -0.2) is 0 Å². The number of ether oxygens (including phenoxy) is 5. The summed E-state index contributed by atoms with van der Waals surface area (Å²) in [6.45, 7) is 0.00807. The summed E-state index contributed by atoms with van der Waals surface area (Å²) in [6, 6.07) is 12.2. The third kappa shape index (κ3) is 4.21. The second-order valence-electron chi connectivity index (χ2n) is 6.47. The lowest BCUT2D eigenvalue weighted by Crippen LogP contribution is -2.00. The molecule has 0 N–H and O–H groups in total. The van der Waals surface area contributed by atoms with Gasteiger partial charge in [0.05, 0.1) is 21.3 Å². The first-order valence-electron chi connectivity index (χ1n) is 9.35. The molecule has 0 fully saturated rings. The largest absolute Gasteiger partial charge is 0.493 e. The second-order valence-corrected chi connectivity index (χ2v) is 6.47. The lowest BCUT2D eigenvalue weighted by atomic mass is 9.91. The number of hydrogen-bond donors (Lipinski definition) is 0. The monoisotopic (exact) mass is 440 g/mol. The highest BCUT2D eigenvalue weighted by atomic mass is 16.7. The predicted molar refractivity (Wildman–Crippen MR) is 116 cm³/mol. The highest BCUT2D eigenvalue weighted by Gasteiger charge is 2.26. The molecule has 0 spiro atoms. The van der Waals surface area contributed by atoms with Crippen LogP contribution in [0.5, 0.6) is 28.7 Å². The van der Waals surface area contributed by atoms with E-state index in [-0.39, 0.29) is 29.4 Å². The van der Waals surface area contributed by atoms with Crippen molar-refractivity contribution in [3.63, 3.8) is 0 Å². The van der Waals surface area contributed by atoms with E-state index in [1.807, 2.05) is 24.3 Å². The van der Waals surface area contributed by atoms with Crippen molar-refractivity contribution in [2.45, 2.75) is 0 Å². The first kappa shape index (κ1) is 22.6. The number of nitriles is 4. The molecular weight excluding hydrogens is 424 g/mol. The molecule has 0 unspecified atom stereocenters. The van der Waals surface area contributed by atoms with Gasteiger partial charge in [-0.15, -0.1) is 0 Å². The number of methoxy groups -OCH3 is 3. The van der Waals surface area contributed by atoms with Crippen LogP contribution < -0.4 is 23.7 Å². The van der Waals surface area contributed by atoms with Gasteiger partial charge in [0.2, 0.25) is 12.5 Å². The molecule has 0 aliphatic carbocycles. The van der Waals surface area contributed by atoms with Gasteiger partial charge in [-0.1, -0.05) is 0 Å². The van der Waals surface area contributed by atoms with Crippen molar-refractivity contribution in [3.05, 3.63) is 40.5 Å². The molecule has 3 rings (SSSR count). The fraction of sp³-hybridized carbons (Fsp3) is 0.167. The molecule has 0 saturated heterocycles. The summed E-state index contributed by atoms with van der Waals surface area (Å²) < 4.78 is 27.6. The van der Waals surface area contributed by atoms with E-state index in [2.05, 4.69) is 0 Å². The molecular formula is C24H16N4O5. The number of rotatable bonds is 6. The number of allylic oxidation sites excluding steroid dienone is 2. The summed E-state index contributed by atoms with van der Waals surface area (Å²) >= 11 is 0. The molecule has 1 aliphatic rings. The fourth-order valence-corrected chi connectivity index (χ4v) is 3.35. The van der Waals surface area contributed by atoms with Crippen LogP contribution in [0.1, 0.15) is 11.1 Å². The maximum absolute atomic E-state index is 9.32. The van der Waals surface area contributed by atoms with E-state index < -0.39 is 0 Å². The third-order valence-corrected chi connectivity index (χ3v) is 4.76. The van der Waals surface area contributed by atoms with Crippen molar-refractivity contribution in [1.29, 1.82) is 21.0 Å². The van der Waals surface area contributed by atoms with Gasteiger partial charge in [-0.05, 0) is 47.0 Å². The summed E-state index contributed by atoms with van der Waals surface area (Å²) in [7, 11) is 4.32. The van der Waals surface area contributed by atoms with Gasteiger partial charge < -0.3 is 23.7 Å². The average Bonchev–Trinajstić information content (AvgIpc) is 3.31. The van der Waals surface area contributed by atoms with Crippen LogP contribution in [0.2, 0.25) is 0 Å². The van der Waals surface area contributed by atoms with Crippen LogP contribution in [-0.2, 0) is 0 Å². The van der Waals surface area contributed by atoms with Crippen molar-refractivity contribution in [1.82, 2.24) is 0 Å². The SMILES string of the molecule is COc1cc(C=C(C#N)C#N)c(-c2cc3c(cc2C=C(C#N)C#N)OCO3)c(OC)c1OC. The molecule has 0 radical (unpaired) electrons. The molecule has 0 aromatic heterocycles. The van der Waals surface area contributed by atoms with E-state index in [1.165, 1.54) is 33.5 Å². The first-order valence-corrected chi connectivity index (χ1v) is 9.35. The zero-order valence-electron chi connectivity index (χ0n) is 17.9. The van der Waals surface area contributed by atoms with Crippen LogP contribution in [-0.4, -0.2) is 28.1 Å². The molecule has 9 nitrogen and oxygen atoms in total. The van der Waals surface area contributed by atoms with Crippen LogP contribution in [0.4, 0.5) is 0 Å². The Labute approximate surface area is 190 Å². The van der Waals surface area contributed by atoms with Crippen molar-refractivity contribution in [2.75, 3.05) is 28.1 Å². The van der Waals surface area contributed by atoms with Crippen LogP contribution in [0.15, 0.2) is 29.3 Å². The lowest BCUT2D eigenvalue weighted by molar-refractivity contribution is 0.174. The van der Waals surface area contributed by atoms with Crippen molar-refractivity contribution < 1.29 is 23.7 Å². The second kappa shape index (κ2) is 9.79. The Morgan fingerprint density at radius 1 is 0.758 bits per heavy atom. The minimum Gasteiger partial charge on any atom is -0.493 e. The first-order chi connectivity index (χ1) is 16.0. The van der Waals surface area contributed by atoms with Crippen molar-refractivity contribution in [2.24, 2.45) is 0 Å². The zero-order valence-corrected chi connectivity index (χ0v) is 17.9. The summed E-state index contributed by atoms with van der Waals surface area (Å²) in [4.78, 5) is 0. The van der Waals surface area contributed by atoms with Gasteiger partial charge >= 0.3 is 0 Å². The highest BCUT2D eigenvalue weighted by molar-refractivity contribution is 5.92. The van der Waals surface area contributed by atoms with Gasteiger partial charge in [-0.3, -0.25) is 0 Å². The molecule has 0 atom stereocenters. The standard InChI is InChI=1S/C24H16N4O5/c1-29-21-7-17(5-15(11-27)12-28)22(24(31-3)23(21)30-2)18-8-20-19(32-13-33-20)6-16(18)4-14(9-25)10-26/h4-8H,13H2,1-3H3. The van der Waals surface area contributed by atoms with E-state index in [0.717, 1.165) is 0 Å². The molecule has 2 aromatic carbocycles. The summed E-state index contributed by atoms with van der Waals surface area (Å²) in [6.07, 6.45) is 2.78. The molecule has 33 heavy (non-hydrogen) atoms. The van der Waals surface area contributed by atoms with E-state index in [4.69, 9.17) is 23.7 Å². The summed E-state index contributed by atoms with van der Waals surface area (Å²) in [5.41, 5.74) is 1.48. The molecule has 2 aromatic rings. The summed E-state index contributed by atoms with van der Waals surface area (Å²) in [5.74, 6) is 1.71. The van der Waals surface area contributed by atoms with E-state index >= 15 is 0 Å². The van der Waals surface area contributed by atoms with Gasteiger partial charge in [0.1, 0.15) is 35.4 Å². The van der Waals surface area contributed by atoms with E-state index in [1.54, 1.807) is 18.2 Å². The predicted octanol–water partition coefficient (Wildman–Crippen LogP) is 3.97. The van der Waals surface area contributed by atoms with Crippen molar-refractivity contribution >= 4 is 12.2 Å². The maximum Gasteiger partial charge on any atom is 0.231 e. The van der Waals surface area contributed by atoms with Crippen molar-refractivity contribution in [3.8, 4) is 64.2 Å². The molecule has 1 aliphatic heterocycles. The highest BCUT2D eigenvalue weighted by Crippen LogP contribution is 2.50. The zero-order chi connectivity index (χ0) is 24.0. The normalized spacial score (nSPS) is 10.5. The minimum atomic E-state index is -0.155. The Morgan fingerprint density at radius 2 is 1.30 bits per heavy atom. The third-order valence-electron chi connectivity index (χ3n) is 4.76. The smallest absolute Gasteiger partial charge is 0.231 e. The Hall–Kier alpha value is -5.12. The summed E-state index contributed by atoms with van der Waals surface area (Å²) in [5, 5.41) is 37.2. The minimum absolute atomic E-state index is 0.00807.